The molecule has 0 aromatic heterocycles. The average molecular weight is 200 g/mol. The summed E-state index contributed by atoms with van der Waals surface area (Å²) in [5, 5.41) is 9.07. The molecule has 13 heavy (non-hydrogen) atoms. The van der Waals surface area contributed by atoms with Crippen LogP contribution in [0.4, 0.5) is 4.39 Å². The van der Waals surface area contributed by atoms with Crippen molar-refractivity contribution in [3.63, 3.8) is 0 Å². The molecule has 72 valence electrons. The molecular weight excluding hydrogens is 187 g/mol. The maximum absolute atomic E-state index is 12.6. The first-order valence-corrected chi connectivity index (χ1v) is 5.52. The molecule has 0 amide bonds. The molecule has 0 fully saturated rings. The largest absolute Gasteiger partial charge is 0.396 e. The number of thioether (sulfide) groups is 1. The Morgan fingerprint density at radius 3 is 2.46 bits per heavy atom. The van der Waals surface area contributed by atoms with E-state index in [4.69, 9.17) is 5.11 Å². The lowest BCUT2D eigenvalue weighted by Crippen LogP contribution is -2.06. The van der Waals surface area contributed by atoms with Gasteiger partial charge in [-0.3, -0.25) is 0 Å². The number of hydrogen-bond donors (Lipinski definition) is 1. The van der Waals surface area contributed by atoms with E-state index in [0.29, 0.717) is 0 Å². The van der Waals surface area contributed by atoms with E-state index in [0.717, 1.165) is 11.3 Å². The van der Waals surface area contributed by atoms with Crippen LogP contribution in [-0.2, 0) is 0 Å². The van der Waals surface area contributed by atoms with E-state index in [-0.39, 0.29) is 18.3 Å². The van der Waals surface area contributed by atoms with Crippen LogP contribution in [0.1, 0.15) is 11.5 Å². The summed E-state index contributed by atoms with van der Waals surface area (Å²) >= 11 is 1.68. The minimum absolute atomic E-state index is 0.118. The van der Waals surface area contributed by atoms with E-state index < -0.39 is 0 Å². The molecule has 0 bridgehead atoms. The lowest BCUT2D eigenvalue weighted by molar-refractivity contribution is 0.275. The van der Waals surface area contributed by atoms with Gasteiger partial charge in [-0.25, -0.2) is 4.39 Å². The zero-order valence-corrected chi connectivity index (χ0v) is 8.35. The first-order chi connectivity index (χ1) is 6.27. The molecule has 1 rings (SSSR count). The summed E-state index contributed by atoms with van der Waals surface area (Å²) in [5.41, 5.74) is 0.998. The van der Waals surface area contributed by atoms with Crippen LogP contribution >= 0.6 is 11.8 Å². The minimum Gasteiger partial charge on any atom is -0.396 e. The topological polar surface area (TPSA) is 20.2 Å². The van der Waals surface area contributed by atoms with Crippen molar-refractivity contribution >= 4 is 11.8 Å². The summed E-state index contributed by atoms with van der Waals surface area (Å²) < 4.78 is 12.6. The van der Waals surface area contributed by atoms with Gasteiger partial charge in [0.15, 0.2) is 0 Å². The molecule has 0 aliphatic heterocycles. The van der Waals surface area contributed by atoms with Crippen molar-refractivity contribution in [1.29, 1.82) is 0 Å². The summed E-state index contributed by atoms with van der Waals surface area (Å²) in [6, 6.07) is 6.32. The van der Waals surface area contributed by atoms with Crippen molar-refractivity contribution in [2.75, 3.05) is 18.6 Å². The molecule has 0 heterocycles. The molecule has 0 saturated carbocycles. The van der Waals surface area contributed by atoms with E-state index in [2.05, 4.69) is 0 Å². The third-order valence-electron chi connectivity index (χ3n) is 1.93. The smallest absolute Gasteiger partial charge is 0.123 e. The summed E-state index contributed by atoms with van der Waals surface area (Å²) in [6.07, 6.45) is 1.99. The van der Waals surface area contributed by atoms with Crippen molar-refractivity contribution in [3.05, 3.63) is 35.6 Å². The standard InChI is InChI=1S/C10H13FOS/c1-13-7-9(6-12)8-2-4-10(11)5-3-8/h2-5,9,12H,6-7H2,1H3. The second-order valence-corrected chi connectivity index (χ2v) is 3.80. The first kappa shape index (κ1) is 10.5. The normalized spacial score (nSPS) is 12.8. The number of aliphatic hydroxyl groups excluding tert-OH is 1. The van der Waals surface area contributed by atoms with E-state index in [1.54, 1.807) is 23.9 Å². The Morgan fingerprint density at radius 2 is 2.00 bits per heavy atom. The SMILES string of the molecule is CSCC(CO)c1ccc(F)cc1. The molecular formula is C10H13FOS. The third kappa shape index (κ3) is 3.01. The van der Waals surface area contributed by atoms with Crippen LogP contribution in [0.25, 0.3) is 0 Å². The summed E-state index contributed by atoms with van der Waals surface area (Å²) in [4.78, 5) is 0. The first-order valence-electron chi connectivity index (χ1n) is 4.13. The maximum atomic E-state index is 12.6. The van der Waals surface area contributed by atoms with Crippen molar-refractivity contribution < 1.29 is 9.50 Å². The van der Waals surface area contributed by atoms with Crippen LogP contribution in [0.2, 0.25) is 0 Å². The fourth-order valence-corrected chi connectivity index (χ4v) is 1.89. The van der Waals surface area contributed by atoms with Gasteiger partial charge in [0, 0.05) is 11.7 Å². The van der Waals surface area contributed by atoms with Crippen LogP contribution in [0.5, 0.6) is 0 Å². The molecule has 1 nitrogen and oxygen atoms in total. The van der Waals surface area contributed by atoms with Gasteiger partial charge in [0.1, 0.15) is 5.82 Å². The van der Waals surface area contributed by atoms with Crippen molar-refractivity contribution in [3.8, 4) is 0 Å². The van der Waals surface area contributed by atoms with Gasteiger partial charge in [0.2, 0.25) is 0 Å². The molecule has 0 radical (unpaired) electrons. The summed E-state index contributed by atoms with van der Waals surface area (Å²) in [7, 11) is 0. The third-order valence-corrected chi connectivity index (χ3v) is 2.67. The second-order valence-electron chi connectivity index (χ2n) is 2.89. The van der Waals surface area contributed by atoms with Gasteiger partial charge in [-0.15, -0.1) is 0 Å². The quantitative estimate of drug-likeness (QED) is 0.804. The fraction of sp³-hybridized carbons (Fsp3) is 0.400. The number of halogens is 1. The molecule has 3 heteroatoms. The van der Waals surface area contributed by atoms with Gasteiger partial charge in [-0.1, -0.05) is 12.1 Å². The predicted octanol–water partition coefficient (Wildman–Crippen LogP) is 2.26. The monoisotopic (exact) mass is 200 g/mol. The minimum atomic E-state index is -0.232. The zero-order chi connectivity index (χ0) is 9.68. The fourth-order valence-electron chi connectivity index (χ4n) is 1.19. The van der Waals surface area contributed by atoms with Crippen LogP contribution in [0.3, 0.4) is 0 Å². The zero-order valence-electron chi connectivity index (χ0n) is 7.53. The molecule has 1 N–H and O–H groups in total. The predicted molar refractivity (Wildman–Crippen MR) is 54.6 cm³/mol. The second kappa shape index (κ2) is 5.25. The van der Waals surface area contributed by atoms with Gasteiger partial charge >= 0.3 is 0 Å². The highest BCUT2D eigenvalue weighted by atomic mass is 32.2. The van der Waals surface area contributed by atoms with Crippen molar-refractivity contribution in [2.24, 2.45) is 0 Å². The van der Waals surface area contributed by atoms with E-state index in [9.17, 15) is 4.39 Å². The van der Waals surface area contributed by atoms with Gasteiger partial charge in [0.25, 0.3) is 0 Å². The number of rotatable bonds is 4. The van der Waals surface area contributed by atoms with E-state index >= 15 is 0 Å². The maximum Gasteiger partial charge on any atom is 0.123 e. The summed E-state index contributed by atoms with van der Waals surface area (Å²) in [6.45, 7) is 0.118. The van der Waals surface area contributed by atoms with Crippen LogP contribution in [-0.4, -0.2) is 23.7 Å². The lowest BCUT2D eigenvalue weighted by atomic mass is 10.0. The number of hydrogen-bond acceptors (Lipinski definition) is 2. The average Bonchev–Trinajstić information content (AvgIpc) is 2.16. The van der Waals surface area contributed by atoms with Crippen molar-refractivity contribution in [1.82, 2.24) is 0 Å². The van der Waals surface area contributed by atoms with Gasteiger partial charge in [-0.05, 0) is 24.0 Å². The highest BCUT2D eigenvalue weighted by Crippen LogP contribution is 2.19. The number of benzene rings is 1. The molecule has 0 saturated heterocycles. The highest BCUT2D eigenvalue weighted by Gasteiger charge is 2.08. The Kier molecular flexibility index (Phi) is 4.25. The van der Waals surface area contributed by atoms with Gasteiger partial charge in [-0.2, -0.15) is 11.8 Å². The van der Waals surface area contributed by atoms with Crippen LogP contribution in [0.15, 0.2) is 24.3 Å². The van der Waals surface area contributed by atoms with Gasteiger partial charge in [0.05, 0.1) is 6.61 Å². The Labute approximate surface area is 82.0 Å². The number of aliphatic hydroxyl groups is 1. The molecule has 1 aromatic rings. The van der Waals surface area contributed by atoms with E-state index in [1.807, 2.05) is 6.26 Å². The molecule has 1 atom stereocenters. The molecule has 0 spiro atoms. The highest BCUT2D eigenvalue weighted by molar-refractivity contribution is 7.98. The van der Waals surface area contributed by atoms with Gasteiger partial charge < -0.3 is 5.11 Å². The Bertz CT molecular complexity index is 248. The van der Waals surface area contributed by atoms with Crippen molar-refractivity contribution in [2.45, 2.75) is 5.92 Å². The summed E-state index contributed by atoms with van der Waals surface area (Å²) in [5.74, 6) is 0.752. The lowest BCUT2D eigenvalue weighted by Gasteiger charge is -2.12. The molecule has 0 aliphatic rings. The Morgan fingerprint density at radius 1 is 1.38 bits per heavy atom. The van der Waals surface area contributed by atoms with Crippen LogP contribution in [0, 0.1) is 5.82 Å². The molecule has 1 aromatic carbocycles. The van der Waals surface area contributed by atoms with E-state index in [1.165, 1.54) is 12.1 Å². The Balaban J connectivity index is 2.73. The molecule has 0 aliphatic carbocycles. The van der Waals surface area contributed by atoms with Crippen LogP contribution < -0.4 is 0 Å². The Hall–Kier alpha value is -0.540. The molecule has 1 unspecified atom stereocenters.